The second kappa shape index (κ2) is 6.76. The largest absolute Gasteiger partial charge is 0.496 e. The summed E-state index contributed by atoms with van der Waals surface area (Å²) in [4.78, 5) is 5.63. The molecule has 132 valence electrons. The number of aromatic amines is 1. The number of H-pyrrole nitrogens is 1. The summed E-state index contributed by atoms with van der Waals surface area (Å²) in [6.07, 6.45) is 3.40. The number of piperidine rings is 1. The Hall–Kier alpha value is -1.53. The normalized spacial score (nSPS) is 17.5. The molecule has 2 aromatic rings. The van der Waals surface area contributed by atoms with Gasteiger partial charge in [0.05, 0.1) is 12.4 Å². The first kappa shape index (κ1) is 17.3. The molecule has 0 aliphatic carbocycles. The van der Waals surface area contributed by atoms with Crippen LogP contribution in [0.4, 0.5) is 0 Å². The lowest BCUT2D eigenvalue weighted by molar-refractivity contribution is 0.220. The molecule has 1 N–H and O–H groups in total. The molecule has 0 unspecified atom stereocenters. The van der Waals surface area contributed by atoms with Crippen LogP contribution >= 0.6 is 0 Å². The minimum Gasteiger partial charge on any atom is -0.496 e. The number of likely N-dealkylation sites (tertiary alicyclic amines) is 1. The highest BCUT2D eigenvalue weighted by molar-refractivity contribution is 7.92. The second-order valence-electron chi connectivity index (χ2n) is 6.57. The third kappa shape index (κ3) is 3.17. The lowest BCUT2D eigenvalue weighted by atomic mass is 10.0. The van der Waals surface area contributed by atoms with Gasteiger partial charge >= 0.3 is 0 Å². The van der Waals surface area contributed by atoms with Crippen molar-refractivity contribution in [2.24, 2.45) is 0 Å². The van der Waals surface area contributed by atoms with E-state index in [2.05, 4.69) is 28.9 Å². The molecule has 1 aliphatic rings. The van der Waals surface area contributed by atoms with Crippen LogP contribution in [0.25, 0.3) is 10.9 Å². The number of aryl methyl sites for hydroxylation is 1. The molecule has 5 nitrogen and oxygen atoms in total. The average molecular weight is 350 g/mol. The molecule has 0 radical (unpaired) electrons. The van der Waals surface area contributed by atoms with Crippen molar-refractivity contribution in [2.45, 2.75) is 38.5 Å². The van der Waals surface area contributed by atoms with Gasteiger partial charge in [0.15, 0.2) is 9.84 Å². The van der Waals surface area contributed by atoms with E-state index in [1.807, 2.05) is 6.20 Å². The molecule has 1 saturated heterocycles. The first-order chi connectivity index (χ1) is 11.5. The molecule has 24 heavy (non-hydrogen) atoms. The van der Waals surface area contributed by atoms with Crippen LogP contribution in [-0.2, 0) is 16.4 Å². The van der Waals surface area contributed by atoms with Crippen molar-refractivity contribution in [3.63, 3.8) is 0 Å². The van der Waals surface area contributed by atoms with E-state index in [1.165, 1.54) is 16.5 Å². The number of hydrogen-bond donors (Lipinski definition) is 1. The molecule has 2 heterocycles. The SMILES string of the molecule is CCS(=O)(=O)C1CCN(Cc2c(OC)cc(C)c3[nH]ccc23)CC1. The molecule has 1 aromatic carbocycles. The fourth-order valence-electron chi connectivity index (χ4n) is 3.67. The third-order valence-electron chi connectivity index (χ3n) is 5.16. The van der Waals surface area contributed by atoms with Crippen LogP contribution in [0.15, 0.2) is 18.3 Å². The topological polar surface area (TPSA) is 62.4 Å². The first-order valence-corrected chi connectivity index (χ1v) is 10.2. The fraction of sp³-hybridized carbons (Fsp3) is 0.556. The fourth-order valence-corrected chi connectivity index (χ4v) is 5.07. The van der Waals surface area contributed by atoms with Gasteiger partial charge in [-0.25, -0.2) is 8.42 Å². The lowest BCUT2D eigenvalue weighted by Crippen LogP contribution is -2.39. The van der Waals surface area contributed by atoms with E-state index in [-0.39, 0.29) is 11.0 Å². The number of nitrogens with zero attached hydrogens (tertiary/aromatic N) is 1. The molecule has 1 aromatic heterocycles. The predicted octanol–water partition coefficient (Wildman–Crippen LogP) is 2.88. The number of ether oxygens (including phenoxy) is 1. The highest BCUT2D eigenvalue weighted by atomic mass is 32.2. The van der Waals surface area contributed by atoms with Crippen molar-refractivity contribution in [1.82, 2.24) is 9.88 Å². The van der Waals surface area contributed by atoms with Crippen molar-refractivity contribution in [3.05, 3.63) is 29.5 Å². The van der Waals surface area contributed by atoms with E-state index < -0.39 is 9.84 Å². The molecule has 1 fully saturated rings. The maximum Gasteiger partial charge on any atom is 0.152 e. The lowest BCUT2D eigenvalue weighted by Gasteiger charge is -2.32. The van der Waals surface area contributed by atoms with E-state index in [9.17, 15) is 8.42 Å². The maximum absolute atomic E-state index is 12.1. The van der Waals surface area contributed by atoms with E-state index in [0.29, 0.717) is 0 Å². The van der Waals surface area contributed by atoms with Crippen LogP contribution in [0.2, 0.25) is 0 Å². The van der Waals surface area contributed by atoms with Gasteiger partial charge in [0.1, 0.15) is 5.75 Å². The van der Waals surface area contributed by atoms with E-state index in [1.54, 1.807) is 14.0 Å². The average Bonchev–Trinajstić information content (AvgIpc) is 3.08. The van der Waals surface area contributed by atoms with E-state index >= 15 is 0 Å². The molecular formula is C18H26N2O3S. The van der Waals surface area contributed by atoms with Crippen molar-refractivity contribution < 1.29 is 13.2 Å². The summed E-state index contributed by atoms with van der Waals surface area (Å²) in [5, 5.41) is 1.01. The van der Waals surface area contributed by atoms with Crippen molar-refractivity contribution in [1.29, 1.82) is 0 Å². The third-order valence-corrected chi connectivity index (χ3v) is 7.45. The van der Waals surface area contributed by atoms with Gasteiger partial charge in [0.2, 0.25) is 0 Å². The number of aromatic nitrogens is 1. The van der Waals surface area contributed by atoms with Crippen molar-refractivity contribution >= 4 is 20.7 Å². The van der Waals surface area contributed by atoms with E-state index in [0.717, 1.165) is 43.7 Å². The Kier molecular flexibility index (Phi) is 4.88. The van der Waals surface area contributed by atoms with Gasteiger partial charge in [-0.2, -0.15) is 0 Å². The molecule has 0 bridgehead atoms. The van der Waals surface area contributed by atoms with Crippen LogP contribution in [-0.4, -0.2) is 49.5 Å². The minimum atomic E-state index is -2.92. The number of fused-ring (bicyclic) bond motifs is 1. The summed E-state index contributed by atoms with van der Waals surface area (Å²) >= 11 is 0. The summed E-state index contributed by atoms with van der Waals surface area (Å²) in [6.45, 7) is 6.23. The number of hydrogen-bond acceptors (Lipinski definition) is 4. The zero-order valence-corrected chi connectivity index (χ0v) is 15.4. The molecule has 3 rings (SSSR count). The summed E-state index contributed by atoms with van der Waals surface area (Å²) in [5.74, 6) is 1.15. The van der Waals surface area contributed by atoms with Gasteiger partial charge in [-0.1, -0.05) is 6.92 Å². The Bertz CT molecular complexity index is 818. The smallest absolute Gasteiger partial charge is 0.152 e. The van der Waals surface area contributed by atoms with Crippen LogP contribution in [0.3, 0.4) is 0 Å². The maximum atomic E-state index is 12.1. The quantitative estimate of drug-likeness (QED) is 0.901. The summed E-state index contributed by atoms with van der Waals surface area (Å²) in [5.41, 5.74) is 3.49. The van der Waals surface area contributed by atoms with Crippen LogP contribution in [0, 0.1) is 6.92 Å². The Morgan fingerprint density at radius 3 is 2.67 bits per heavy atom. The summed E-state index contributed by atoms with van der Waals surface area (Å²) in [7, 11) is -1.21. The Morgan fingerprint density at radius 2 is 2.04 bits per heavy atom. The molecule has 0 atom stereocenters. The van der Waals surface area contributed by atoms with E-state index in [4.69, 9.17) is 4.74 Å². The Labute approximate surface area is 143 Å². The highest BCUT2D eigenvalue weighted by Gasteiger charge is 2.29. The monoisotopic (exact) mass is 350 g/mol. The number of rotatable bonds is 5. The van der Waals surface area contributed by atoms with Crippen LogP contribution in [0.1, 0.15) is 30.9 Å². The number of sulfone groups is 1. The molecule has 6 heteroatoms. The number of benzene rings is 1. The first-order valence-electron chi connectivity index (χ1n) is 8.53. The van der Waals surface area contributed by atoms with Gasteiger partial charge in [0.25, 0.3) is 0 Å². The predicted molar refractivity (Wildman–Crippen MR) is 97.3 cm³/mol. The molecular weight excluding hydrogens is 324 g/mol. The molecule has 0 spiro atoms. The van der Waals surface area contributed by atoms with Crippen LogP contribution in [0.5, 0.6) is 5.75 Å². The molecule has 0 saturated carbocycles. The zero-order chi connectivity index (χ0) is 17.3. The second-order valence-corrected chi connectivity index (χ2v) is 9.14. The van der Waals surface area contributed by atoms with Gasteiger partial charge in [-0.3, -0.25) is 4.90 Å². The van der Waals surface area contributed by atoms with Crippen LogP contribution < -0.4 is 4.74 Å². The highest BCUT2D eigenvalue weighted by Crippen LogP contribution is 2.32. The molecule has 0 amide bonds. The molecule has 1 aliphatic heterocycles. The van der Waals surface area contributed by atoms with Gasteiger partial charge in [-0.15, -0.1) is 0 Å². The van der Waals surface area contributed by atoms with Gasteiger partial charge < -0.3 is 9.72 Å². The number of methoxy groups -OCH3 is 1. The minimum absolute atomic E-state index is 0.175. The van der Waals surface area contributed by atoms with Gasteiger partial charge in [0, 0.05) is 35.0 Å². The standard InChI is InChI=1S/C18H26N2O3S/c1-4-24(21,22)14-6-9-20(10-7-14)12-16-15-5-8-19-18(15)13(2)11-17(16)23-3/h5,8,11,14,19H,4,6-7,9-10,12H2,1-3H3. The Balaban J connectivity index is 1.79. The van der Waals surface area contributed by atoms with Crippen molar-refractivity contribution in [2.75, 3.05) is 26.0 Å². The van der Waals surface area contributed by atoms with Crippen molar-refractivity contribution in [3.8, 4) is 5.75 Å². The Morgan fingerprint density at radius 1 is 1.33 bits per heavy atom. The van der Waals surface area contributed by atoms with Gasteiger partial charge in [-0.05, 0) is 50.6 Å². The number of nitrogens with one attached hydrogen (secondary N) is 1. The summed E-state index contributed by atoms with van der Waals surface area (Å²) in [6, 6.07) is 4.16. The summed E-state index contributed by atoms with van der Waals surface area (Å²) < 4.78 is 29.7. The zero-order valence-electron chi connectivity index (χ0n) is 14.6.